The van der Waals surface area contributed by atoms with Gasteiger partial charge in [-0.3, -0.25) is 0 Å². The fourth-order valence-corrected chi connectivity index (χ4v) is 3.15. The number of hydrogen-bond donors (Lipinski definition) is 1. The van der Waals surface area contributed by atoms with Crippen molar-refractivity contribution >= 4 is 9.84 Å². The minimum Gasteiger partial charge on any atom is -0.499 e. The van der Waals surface area contributed by atoms with E-state index in [0.29, 0.717) is 0 Å². The number of ether oxygens (including phenoxy) is 1. The van der Waals surface area contributed by atoms with E-state index in [4.69, 9.17) is 9.84 Å². The van der Waals surface area contributed by atoms with Crippen LogP contribution in [0.2, 0.25) is 0 Å². The number of rotatable bonds is 3. The van der Waals surface area contributed by atoms with Gasteiger partial charge in [0.05, 0.1) is 35.2 Å². The second-order valence-corrected chi connectivity index (χ2v) is 5.50. The molecule has 0 fully saturated rings. The molecule has 1 N–H and O–H groups in total. The van der Waals surface area contributed by atoms with E-state index in [1.165, 1.54) is 18.4 Å². The van der Waals surface area contributed by atoms with E-state index in [9.17, 15) is 8.42 Å². The van der Waals surface area contributed by atoms with Crippen molar-refractivity contribution in [3.63, 3.8) is 0 Å². The molecule has 1 aromatic carbocycles. The van der Waals surface area contributed by atoms with Crippen LogP contribution in [0.1, 0.15) is 0 Å². The summed E-state index contributed by atoms with van der Waals surface area (Å²) in [5.74, 6) is -0.454. The molecule has 16 heavy (non-hydrogen) atoms. The highest BCUT2D eigenvalue weighted by Gasteiger charge is 2.32. The van der Waals surface area contributed by atoms with E-state index >= 15 is 0 Å². The lowest BCUT2D eigenvalue weighted by molar-refractivity contribution is 0.186. The Morgan fingerprint density at radius 3 is 2.62 bits per heavy atom. The monoisotopic (exact) mass is 240 g/mol. The fourth-order valence-electron chi connectivity index (χ4n) is 1.59. The van der Waals surface area contributed by atoms with Crippen molar-refractivity contribution < 1.29 is 18.3 Å². The van der Waals surface area contributed by atoms with Gasteiger partial charge in [-0.25, -0.2) is 8.42 Å². The van der Waals surface area contributed by atoms with Gasteiger partial charge in [-0.2, -0.15) is 0 Å². The van der Waals surface area contributed by atoms with Gasteiger partial charge in [-0.05, 0) is 12.1 Å². The van der Waals surface area contributed by atoms with Crippen LogP contribution in [-0.4, -0.2) is 26.7 Å². The van der Waals surface area contributed by atoms with Crippen LogP contribution >= 0.6 is 0 Å². The molecule has 1 aliphatic rings. The molecular weight excluding hydrogens is 228 g/mol. The van der Waals surface area contributed by atoms with Crippen LogP contribution < -0.4 is 0 Å². The highest BCUT2D eigenvalue weighted by Crippen LogP contribution is 2.29. The Morgan fingerprint density at radius 2 is 2.00 bits per heavy atom. The molecule has 4 nitrogen and oxygen atoms in total. The molecule has 0 unspecified atom stereocenters. The quantitative estimate of drug-likeness (QED) is 0.854. The molecule has 1 aromatic rings. The number of hydrogen-bond acceptors (Lipinski definition) is 4. The first kappa shape index (κ1) is 11.2. The van der Waals surface area contributed by atoms with Crippen molar-refractivity contribution in [1.29, 1.82) is 0 Å². The SMILES string of the molecule is O=S(=O)(C1=COC[C@@H]1CO)c1ccccc1. The van der Waals surface area contributed by atoms with Crippen LogP contribution in [0.4, 0.5) is 0 Å². The molecule has 0 aromatic heterocycles. The lowest BCUT2D eigenvalue weighted by Crippen LogP contribution is -2.16. The molecule has 0 radical (unpaired) electrons. The standard InChI is InChI=1S/C11H12O4S/c12-6-9-7-15-8-11(9)16(13,14)10-4-2-1-3-5-10/h1-5,8-9,12H,6-7H2/t9-/m0/s1. The van der Waals surface area contributed by atoms with Crippen molar-refractivity contribution in [2.75, 3.05) is 13.2 Å². The van der Waals surface area contributed by atoms with Gasteiger partial charge in [0, 0.05) is 0 Å². The Kier molecular flexibility index (Phi) is 2.98. The first-order valence-electron chi connectivity index (χ1n) is 4.89. The van der Waals surface area contributed by atoms with Gasteiger partial charge in [0.2, 0.25) is 9.84 Å². The largest absolute Gasteiger partial charge is 0.499 e. The van der Waals surface area contributed by atoms with E-state index in [1.807, 2.05) is 0 Å². The fraction of sp³-hybridized carbons (Fsp3) is 0.273. The van der Waals surface area contributed by atoms with Crippen LogP contribution in [0, 0.1) is 5.92 Å². The molecular formula is C11H12O4S. The Morgan fingerprint density at radius 1 is 1.31 bits per heavy atom. The summed E-state index contributed by atoms with van der Waals surface area (Å²) in [7, 11) is -3.52. The summed E-state index contributed by atoms with van der Waals surface area (Å²) < 4.78 is 29.3. The molecule has 0 bridgehead atoms. The zero-order chi connectivity index (χ0) is 11.6. The van der Waals surface area contributed by atoms with Crippen molar-refractivity contribution in [3.05, 3.63) is 41.5 Å². The lowest BCUT2D eigenvalue weighted by atomic mass is 10.2. The van der Waals surface area contributed by atoms with Gasteiger partial charge in [0.1, 0.15) is 0 Å². The summed E-state index contributed by atoms with van der Waals surface area (Å²) in [4.78, 5) is 0.381. The topological polar surface area (TPSA) is 63.6 Å². The molecule has 0 amide bonds. The second kappa shape index (κ2) is 4.27. The molecule has 0 aliphatic carbocycles. The molecule has 5 heteroatoms. The number of aliphatic hydroxyl groups excluding tert-OH is 1. The number of sulfone groups is 1. The average Bonchev–Trinajstić information content (AvgIpc) is 2.79. The van der Waals surface area contributed by atoms with Crippen LogP contribution in [-0.2, 0) is 14.6 Å². The summed E-state index contributed by atoms with van der Waals surface area (Å²) >= 11 is 0. The number of benzene rings is 1. The Labute approximate surface area is 94.1 Å². The van der Waals surface area contributed by atoms with Crippen LogP contribution in [0.5, 0.6) is 0 Å². The van der Waals surface area contributed by atoms with Crippen molar-refractivity contribution in [1.82, 2.24) is 0 Å². The summed E-state index contributed by atoms with van der Waals surface area (Å²) in [5, 5.41) is 9.06. The molecule has 0 saturated carbocycles. The molecule has 1 aliphatic heterocycles. The normalized spacial score (nSPS) is 20.3. The smallest absolute Gasteiger partial charge is 0.206 e. The van der Waals surface area contributed by atoms with Gasteiger partial charge in [-0.15, -0.1) is 0 Å². The first-order chi connectivity index (χ1) is 7.66. The third-order valence-corrected chi connectivity index (χ3v) is 4.43. The lowest BCUT2D eigenvalue weighted by Gasteiger charge is -2.09. The van der Waals surface area contributed by atoms with E-state index < -0.39 is 15.8 Å². The van der Waals surface area contributed by atoms with E-state index in [1.54, 1.807) is 18.2 Å². The van der Waals surface area contributed by atoms with Crippen LogP contribution in [0.3, 0.4) is 0 Å². The van der Waals surface area contributed by atoms with E-state index in [2.05, 4.69) is 0 Å². The molecule has 1 heterocycles. The predicted molar refractivity (Wildman–Crippen MR) is 58.2 cm³/mol. The summed E-state index contributed by atoms with van der Waals surface area (Å²) in [6.45, 7) is -0.00417. The average molecular weight is 240 g/mol. The predicted octanol–water partition coefficient (Wildman–Crippen LogP) is 0.940. The maximum atomic E-state index is 12.1. The molecule has 1 atom stereocenters. The van der Waals surface area contributed by atoms with Crippen LogP contribution in [0.25, 0.3) is 0 Å². The van der Waals surface area contributed by atoms with Gasteiger partial charge in [0.15, 0.2) is 0 Å². The summed E-state index contributed by atoms with van der Waals surface area (Å²) in [5.41, 5.74) is 0. The first-order valence-corrected chi connectivity index (χ1v) is 6.37. The summed E-state index contributed by atoms with van der Waals surface area (Å²) in [6, 6.07) is 8.14. The van der Waals surface area contributed by atoms with Gasteiger partial charge in [0.25, 0.3) is 0 Å². The Bertz CT molecular complexity index is 490. The Hall–Kier alpha value is -1.33. The minimum absolute atomic E-state index is 0.154. The molecule has 86 valence electrons. The van der Waals surface area contributed by atoms with Gasteiger partial charge >= 0.3 is 0 Å². The third kappa shape index (κ3) is 1.83. The van der Waals surface area contributed by atoms with Crippen molar-refractivity contribution in [3.8, 4) is 0 Å². The maximum absolute atomic E-state index is 12.1. The van der Waals surface area contributed by atoms with Crippen LogP contribution in [0.15, 0.2) is 46.4 Å². The second-order valence-electron chi connectivity index (χ2n) is 3.55. The molecule has 0 spiro atoms. The van der Waals surface area contributed by atoms with Crippen molar-refractivity contribution in [2.24, 2.45) is 5.92 Å². The van der Waals surface area contributed by atoms with E-state index in [0.717, 1.165) is 0 Å². The zero-order valence-corrected chi connectivity index (χ0v) is 9.35. The zero-order valence-electron chi connectivity index (χ0n) is 8.54. The Balaban J connectivity index is 2.41. The summed E-state index contributed by atoms with van der Waals surface area (Å²) in [6.07, 6.45) is 1.23. The molecule has 0 saturated heterocycles. The highest BCUT2D eigenvalue weighted by atomic mass is 32.2. The van der Waals surface area contributed by atoms with Crippen molar-refractivity contribution in [2.45, 2.75) is 4.90 Å². The highest BCUT2D eigenvalue weighted by molar-refractivity contribution is 7.95. The minimum atomic E-state index is -3.52. The number of aliphatic hydroxyl groups is 1. The van der Waals surface area contributed by atoms with E-state index in [-0.39, 0.29) is 23.0 Å². The molecule has 2 rings (SSSR count). The van der Waals surface area contributed by atoms with Gasteiger partial charge in [-0.1, -0.05) is 18.2 Å². The third-order valence-electron chi connectivity index (χ3n) is 2.48. The maximum Gasteiger partial charge on any atom is 0.206 e. The van der Waals surface area contributed by atoms with Gasteiger partial charge < -0.3 is 9.84 Å².